The van der Waals surface area contributed by atoms with Gasteiger partial charge in [-0.1, -0.05) is 6.92 Å². The number of carbonyl (C=O) groups is 1. The Morgan fingerprint density at radius 2 is 2.08 bits per heavy atom. The van der Waals surface area contributed by atoms with Crippen molar-refractivity contribution >= 4 is 17.0 Å². The molecule has 0 saturated carbocycles. The smallest absolute Gasteiger partial charge is 0.316 e. The van der Waals surface area contributed by atoms with Crippen LogP contribution in [-0.2, 0) is 4.74 Å². The molecule has 0 aromatic heterocycles. The summed E-state index contributed by atoms with van der Waals surface area (Å²) in [4.78, 5) is 12.3. The number of ether oxygens (including phenoxy) is 1. The predicted molar refractivity (Wildman–Crippen MR) is 49.6 cm³/mol. The second-order valence-corrected chi connectivity index (χ2v) is 2.76. The van der Waals surface area contributed by atoms with Gasteiger partial charge in [0.05, 0.1) is 6.61 Å². The van der Waals surface area contributed by atoms with Gasteiger partial charge in [0.15, 0.2) is 0 Å². The fraction of sp³-hybridized carbons (Fsp3) is 0.875. The van der Waals surface area contributed by atoms with Crippen molar-refractivity contribution in [2.45, 2.75) is 20.3 Å². The van der Waals surface area contributed by atoms with Gasteiger partial charge >= 0.3 is 5.37 Å². The molecule has 1 amide bonds. The SMILES string of the molecule is CCCN(CCOCC)C(=O)Cl. The maximum atomic E-state index is 10.8. The van der Waals surface area contributed by atoms with Crippen LogP contribution in [0.4, 0.5) is 4.79 Å². The summed E-state index contributed by atoms with van der Waals surface area (Å²) in [5, 5.41) is -0.392. The maximum absolute atomic E-state index is 10.8. The van der Waals surface area contributed by atoms with Crippen LogP contribution in [0.2, 0.25) is 0 Å². The van der Waals surface area contributed by atoms with Gasteiger partial charge in [-0.25, -0.2) is 0 Å². The first-order chi connectivity index (χ1) is 5.72. The van der Waals surface area contributed by atoms with Crippen LogP contribution in [0.1, 0.15) is 20.3 Å². The Balaban J connectivity index is 3.56. The van der Waals surface area contributed by atoms with E-state index in [2.05, 4.69) is 0 Å². The summed E-state index contributed by atoms with van der Waals surface area (Å²) in [7, 11) is 0. The third kappa shape index (κ3) is 5.38. The first-order valence-electron chi connectivity index (χ1n) is 4.24. The number of halogens is 1. The number of hydrogen-bond donors (Lipinski definition) is 0. The second-order valence-electron chi connectivity index (χ2n) is 2.44. The van der Waals surface area contributed by atoms with Crippen LogP contribution in [0.3, 0.4) is 0 Å². The number of hydrogen-bond acceptors (Lipinski definition) is 2. The molecule has 12 heavy (non-hydrogen) atoms. The van der Waals surface area contributed by atoms with Crippen molar-refractivity contribution in [1.82, 2.24) is 4.90 Å². The van der Waals surface area contributed by atoms with Crippen molar-refractivity contribution < 1.29 is 9.53 Å². The van der Waals surface area contributed by atoms with Crippen molar-refractivity contribution in [1.29, 1.82) is 0 Å². The molecule has 4 heteroatoms. The molecular weight excluding hydrogens is 178 g/mol. The number of carbonyl (C=O) groups excluding carboxylic acids is 1. The molecule has 0 radical (unpaired) electrons. The summed E-state index contributed by atoms with van der Waals surface area (Å²) in [6.45, 7) is 6.46. The van der Waals surface area contributed by atoms with Crippen molar-refractivity contribution in [3.63, 3.8) is 0 Å². The van der Waals surface area contributed by atoms with Gasteiger partial charge in [-0.15, -0.1) is 0 Å². The summed E-state index contributed by atoms with van der Waals surface area (Å²) in [6.07, 6.45) is 0.921. The number of nitrogens with zero attached hydrogens (tertiary/aromatic N) is 1. The molecule has 0 aliphatic carbocycles. The zero-order valence-corrected chi connectivity index (χ0v) is 8.43. The Hall–Kier alpha value is -0.280. The van der Waals surface area contributed by atoms with Crippen molar-refractivity contribution in [2.24, 2.45) is 0 Å². The van der Waals surface area contributed by atoms with E-state index in [0.29, 0.717) is 26.3 Å². The van der Waals surface area contributed by atoms with Gasteiger partial charge in [-0.05, 0) is 24.9 Å². The molecule has 0 heterocycles. The molecule has 0 unspecified atom stereocenters. The molecule has 0 spiro atoms. The lowest BCUT2D eigenvalue weighted by atomic mass is 10.4. The third-order valence-electron chi connectivity index (χ3n) is 1.45. The standard InChI is InChI=1S/C8H16ClNO2/c1-3-5-10(8(9)11)6-7-12-4-2/h3-7H2,1-2H3. The molecule has 0 aliphatic heterocycles. The van der Waals surface area contributed by atoms with Crippen LogP contribution >= 0.6 is 11.6 Å². The van der Waals surface area contributed by atoms with Gasteiger partial charge < -0.3 is 9.64 Å². The predicted octanol–water partition coefficient (Wildman–Crippen LogP) is 2.09. The van der Waals surface area contributed by atoms with Gasteiger partial charge in [0.2, 0.25) is 0 Å². The first kappa shape index (κ1) is 11.7. The van der Waals surface area contributed by atoms with E-state index in [0.717, 1.165) is 6.42 Å². The Labute approximate surface area is 78.6 Å². The zero-order valence-electron chi connectivity index (χ0n) is 7.68. The molecule has 0 saturated heterocycles. The van der Waals surface area contributed by atoms with Crippen molar-refractivity contribution in [2.75, 3.05) is 26.3 Å². The highest BCUT2D eigenvalue weighted by Crippen LogP contribution is 1.97. The summed E-state index contributed by atoms with van der Waals surface area (Å²) < 4.78 is 5.11. The molecule has 0 N–H and O–H groups in total. The highest BCUT2D eigenvalue weighted by Gasteiger charge is 2.07. The Kier molecular flexibility index (Phi) is 7.20. The Morgan fingerprint density at radius 3 is 2.50 bits per heavy atom. The zero-order chi connectivity index (χ0) is 9.40. The molecule has 0 aromatic carbocycles. The normalized spacial score (nSPS) is 9.92. The van der Waals surface area contributed by atoms with Gasteiger partial charge in [0.1, 0.15) is 0 Å². The van der Waals surface area contributed by atoms with Gasteiger partial charge in [0.25, 0.3) is 0 Å². The van der Waals surface area contributed by atoms with E-state index in [1.54, 1.807) is 4.90 Å². The lowest BCUT2D eigenvalue weighted by Crippen LogP contribution is -2.30. The van der Waals surface area contributed by atoms with Crippen LogP contribution in [0.5, 0.6) is 0 Å². The topological polar surface area (TPSA) is 29.5 Å². The average Bonchev–Trinajstić information content (AvgIpc) is 2.03. The Bertz CT molecular complexity index is 130. The van der Waals surface area contributed by atoms with E-state index in [1.165, 1.54) is 0 Å². The van der Waals surface area contributed by atoms with Crippen LogP contribution in [0, 0.1) is 0 Å². The van der Waals surface area contributed by atoms with E-state index in [4.69, 9.17) is 16.3 Å². The Morgan fingerprint density at radius 1 is 1.42 bits per heavy atom. The molecule has 0 rings (SSSR count). The van der Waals surface area contributed by atoms with Gasteiger partial charge in [0, 0.05) is 19.7 Å². The fourth-order valence-corrected chi connectivity index (χ4v) is 1.05. The van der Waals surface area contributed by atoms with Crippen LogP contribution in [-0.4, -0.2) is 36.6 Å². The number of rotatable bonds is 6. The molecule has 0 atom stereocenters. The van der Waals surface area contributed by atoms with Crippen molar-refractivity contribution in [3.05, 3.63) is 0 Å². The minimum Gasteiger partial charge on any atom is -0.380 e. The molecule has 0 aromatic rings. The average molecular weight is 194 g/mol. The van der Waals surface area contributed by atoms with Gasteiger partial charge in [-0.3, -0.25) is 4.79 Å². The van der Waals surface area contributed by atoms with E-state index in [9.17, 15) is 4.79 Å². The largest absolute Gasteiger partial charge is 0.380 e. The summed E-state index contributed by atoms with van der Waals surface area (Å²) in [6, 6.07) is 0. The lowest BCUT2D eigenvalue weighted by Gasteiger charge is -2.18. The molecule has 0 aliphatic rings. The summed E-state index contributed by atoms with van der Waals surface area (Å²) >= 11 is 5.33. The summed E-state index contributed by atoms with van der Waals surface area (Å²) in [5.41, 5.74) is 0. The van der Waals surface area contributed by atoms with Crippen LogP contribution in [0.15, 0.2) is 0 Å². The molecule has 0 fully saturated rings. The molecule has 3 nitrogen and oxygen atoms in total. The van der Waals surface area contributed by atoms with Crippen LogP contribution in [0.25, 0.3) is 0 Å². The van der Waals surface area contributed by atoms with E-state index < -0.39 is 5.37 Å². The summed E-state index contributed by atoms with van der Waals surface area (Å²) in [5.74, 6) is 0. The first-order valence-corrected chi connectivity index (χ1v) is 4.62. The number of amides is 1. The van der Waals surface area contributed by atoms with Crippen LogP contribution < -0.4 is 0 Å². The quantitative estimate of drug-likeness (QED) is 0.367. The lowest BCUT2D eigenvalue weighted by molar-refractivity contribution is 0.124. The monoisotopic (exact) mass is 193 g/mol. The minimum atomic E-state index is -0.392. The maximum Gasteiger partial charge on any atom is 0.316 e. The van der Waals surface area contributed by atoms with E-state index >= 15 is 0 Å². The van der Waals surface area contributed by atoms with E-state index in [1.807, 2.05) is 13.8 Å². The van der Waals surface area contributed by atoms with Gasteiger partial charge in [-0.2, -0.15) is 0 Å². The van der Waals surface area contributed by atoms with E-state index in [-0.39, 0.29) is 0 Å². The fourth-order valence-electron chi connectivity index (χ4n) is 0.877. The third-order valence-corrected chi connectivity index (χ3v) is 1.69. The highest BCUT2D eigenvalue weighted by molar-refractivity contribution is 6.62. The highest BCUT2D eigenvalue weighted by atomic mass is 35.5. The minimum absolute atomic E-state index is 0.392. The van der Waals surface area contributed by atoms with Crippen molar-refractivity contribution in [3.8, 4) is 0 Å². The molecular formula is C8H16ClNO2. The second kappa shape index (κ2) is 7.37. The molecule has 72 valence electrons. The molecule has 0 bridgehead atoms.